The number of amides is 3. The summed E-state index contributed by atoms with van der Waals surface area (Å²) in [6.45, 7) is 1.95. The third-order valence-electron chi connectivity index (χ3n) is 4.83. The van der Waals surface area contributed by atoms with E-state index in [1.165, 1.54) is 42.5 Å². The third-order valence-corrected chi connectivity index (χ3v) is 4.83. The van der Waals surface area contributed by atoms with Gasteiger partial charge in [-0.2, -0.15) is 0 Å². The zero-order chi connectivity index (χ0) is 21.4. The van der Waals surface area contributed by atoms with Crippen LogP contribution in [-0.2, 0) is 0 Å². The number of aryl methyl sites for hydroxylation is 1. The molecular formula is C23H16N2O5. The van der Waals surface area contributed by atoms with Gasteiger partial charge in [0.05, 0.1) is 22.4 Å². The minimum absolute atomic E-state index is 0.0427. The molecule has 0 saturated carbocycles. The van der Waals surface area contributed by atoms with Crippen LogP contribution in [0.4, 0.5) is 11.4 Å². The lowest BCUT2D eigenvalue weighted by Crippen LogP contribution is -2.29. The molecule has 0 atom stereocenters. The van der Waals surface area contributed by atoms with Crippen LogP contribution >= 0.6 is 0 Å². The van der Waals surface area contributed by atoms with E-state index in [1.54, 1.807) is 12.1 Å². The first kappa shape index (κ1) is 19.1. The minimum atomic E-state index is -1.18. The molecule has 30 heavy (non-hydrogen) atoms. The maximum absolute atomic E-state index is 12.7. The minimum Gasteiger partial charge on any atom is -0.478 e. The highest BCUT2D eigenvalue weighted by molar-refractivity contribution is 6.34. The summed E-state index contributed by atoms with van der Waals surface area (Å²) >= 11 is 0. The standard InChI is InChI=1S/C23H16N2O5/c1-13-2-7-16(8-3-13)24-20(26)14-4-9-17(10-5-14)25-21(27)18-11-6-15(23(29)30)12-19(18)22(25)28/h2-12H,1H3,(H,24,26)(H,29,30). The highest BCUT2D eigenvalue weighted by Crippen LogP contribution is 2.29. The first-order valence-corrected chi connectivity index (χ1v) is 9.09. The first-order valence-electron chi connectivity index (χ1n) is 9.09. The van der Waals surface area contributed by atoms with Crippen LogP contribution in [0.15, 0.2) is 66.7 Å². The SMILES string of the molecule is Cc1ccc(NC(=O)c2ccc(N3C(=O)c4ccc(C(=O)O)cc4C3=O)cc2)cc1. The van der Waals surface area contributed by atoms with Crippen LogP contribution in [0.25, 0.3) is 0 Å². The molecule has 7 heteroatoms. The van der Waals surface area contributed by atoms with Gasteiger partial charge in [-0.3, -0.25) is 14.4 Å². The molecule has 3 aromatic rings. The Bertz CT molecular complexity index is 1200. The van der Waals surface area contributed by atoms with E-state index in [1.807, 2.05) is 19.1 Å². The molecule has 0 spiro atoms. The van der Waals surface area contributed by atoms with E-state index in [0.29, 0.717) is 16.9 Å². The Morgan fingerprint density at radius 3 is 2.03 bits per heavy atom. The monoisotopic (exact) mass is 400 g/mol. The smallest absolute Gasteiger partial charge is 0.335 e. The van der Waals surface area contributed by atoms with Crippen molar-refractivity contribution in [3.05, 3.63) is 94.5 Å². The number of nitrogens with one attached hydrogen (secondary N) is 1. The van der Waals surface area contributed by atoms with Gasteiger partial charge in [-0.25, -0.2) is 9.69 Å². The summed E-state index contributed by atoms with van der Waals surface area (Å²) in [6.07, 6.45) is 0. The number of nitrogens with zero attached hydrogens (tertiary/aromatic N) is 1. The number of fused-ring (bicyclic) bond motifs is 1. The molecule has 0 fully saturated rings. The molecule has 1 heterocycles. The maximum Gasteiger partial charge on any atom is 0.335 e. The number of rotatable bonds is 4. The summed E-state index contributed by atoms with van der Waals surface area (Å²) in [5.74, 6) is -2.64. The number of carbonyl (C=O) groups excluding carboxylic acids is 3. The fourth-order valence-electron chi connectivity index (χ4n) is 3.21. The van der Waals surface area contributed by atoms with Gasteiger partial charge >= 0.3 is 5.97 Å². The van der Waals surface area contributed by atoms with Crippen LogP contribution in [0.1, 0.15) is 47.0 Å². The zero-order valence-electron chi connectivity index (χ0n) is 15.9. The Balaban J connectivity index is 1.56. The van der Waals surface area contributed by atoms with Crippen LogP contribution in [0.2, 0.25) is 0 Å². The number of carbonyl (C=O) groups is 4. The van der Waals surface area contributed by atoms with Crippen LogP contribution in [-0.4, -0.2) is 28.8 Å². The molecule has 0 aromatic heterocycles. The van der Waals surface area contributed by atoms with E-state index in [-0.39, 0.29) is 22.6 Å². The van der Waals surface area contributed by atoms with Crippen molar-refractivity contribution in [2.24, 2.45) is 0 Å². The second-order valence-corrected chi connectivity index (χ2v) is 6.88. The summed E-state index contributed by atoms with van der Waals surface area (Å²) < 4.78 is 0. The van der Waals surface area contributed by atoms with E-state index in [4.69, 9.17) is 5.11 Å². The molecule has 3 aromatic carbocycles. The highest BCUT2D eigenvalue weighted by atomic mass is 16.4. The largest absolute Gasteiger partial charge is 0.478 e. The fraction of sp³-hybridized carbons (Fsp3) is 0.0435. The van der Waals surface area contributed by atoms with Gasteiger partial charge in [0.1, 0.15) is 0 Å². The molecule has 4 rings (SSSR count). The lowest BCUT2D eigenvalue weighted by Gasteiger charge is -2.14. The number of imide groups is 1. The number of hydrogen-bond acceptors (Lipinski definition) is 4. The van der Waals surface area contributed by atoms with E-state index in [2.05, 4.69) is 5.32 Å². The second kappa shape index (κ2) is 7.29. The van der Waals surface area contributed by atoms with Gasteiger partial charge in [-0.15, -0.1) is 0 Å². The van der Waals surface area contributed by atoms with Crippen molar-refractivity contribution in [3.63, 3.8) is 0 Å². The average Bonchev–Trinajstić information content (AvgIpc) is 2.99. The topological polar surface area (TPSA) is 104 Å². The zero-order valence-corrected chi connectivity index (χ0v) is 15.9. The van der Waals surface area contributed by atoms with Gasteiger partial charge < -0.3 is 10.4 Å². The van der Waals surface area contributed by atoms with E-state index in [0.717, 1.165) is 10.5 Å². The van der Waals surface area contributed by atoms with E-state index < -0.39 is 17.8 Å². The van der Waals surface area contributed by atoms with Crippen molar-refractivity contribution in [1.82, 2.24) is 0 Å². The van der Waals surface area contributed by atoms with E-state index >= 15 is 0 Å². The molecule has 0 bridgehead atoms. The van der Waals surface area contributed by atoms with Crippen molar-refractivity contribution in [3.8, 4) is 0 Å². The van der Waals surface area contributed by atoms with E-state index in [9.17, 15) is 19.2 Å². The molecule has 0 saturated heterocycles. The highest BCUT2D eigenvalue weighted by Gasteiger charge is 2.37. The Hall–Kier alpha value is -4.26. The number of aromatic carboxylic acids is 1. The number of benzene rings is 3. The van der Waals surface area contributed by atoms with Gasteiger partial charge in [-0.05, 0) is 61.5 Å². The normalized spacial score (nSPS) is 12.6. The van der Waals surface area contributed by atoms with Crippen molar-refractivity contribution in [2.75, 3.05) is 10.2 Å². The van der Waals surface area contributed by atoms with Crippen molar-refractivity contribution in [2.45, 2.75) is 6.92 Å². The molecular weight excluding hydrogens is 384 g/mol. The van der Waals surface area contributed by atoms with Crippen molar-refractivity contribution >= 4 is 35.1 Å². The Labute approximate surface area is 171 Å². The van der Waals surface area contributed by atoms with Gasteiger partial charge in [0.2, 0.25) is 0 Å². The van der Waals surface area contributed by atoms with Crippen LogP contribution in [0.3, 0.4) is 0 Å². The van der Waals surface area contributed by atoms with Crippen LogP contribution in [0.5, 0.6) is 0 Å². The Morgan fingerprint density at radius 2 is 1.40 bits per heavy atom. The summed E-state index contributed by atoms with van der Waals surface area (Å²) in [5, 5.41) is 11.9. The molecule has 0 aliphatic carbocycles. The van der Waals surface area contributed by atoms with Crippen LogP contribution < -0.4 is 10.2 Å². The lowest BCUT2D eigenvalue weighted by atomic mass is 10.1. The fourth-order valence-corrected chi connectivity index (χ4v) is 3.21. The predicted molar refractivity (Wildman–Crippen MR) is 110 cm³/mol. The summed E-state index contributed by atoms with van der Waals surface area (Å²) in [5.41, 5.74) is 2.51. The second-order valence-electron chi connectivity index (χ2n) is 6.88. The Kier molecular flexibility index (Phi) is 4.63. The summed E-state index contributed by atoms with van der Waals surface area (Å²) in [7, 11) is 0. The molecule has 0 radical (unpaired) electrons. The number of carboxylic acids is 1. The molecule has 1 aliphatic heterocycles. The van der Waals surface area contributed by atoms with Gasteiger partial charge in [-0.1, -0.05) is 17.7 Å². The summed E-state index contributed by atoms with van der Waals surface area (Å²) in [6, 6.07) is 17.2. The van der Waals surface area contributed by atoms with Crippen molar-refractivity contribution in [1.29, 1.82) is 0 Å². The molecule has 148 valence electrons. The first-order chi connectivity index (χ1) is 14.3. The van der Waals surface area contributed by atoms with Gasteiger partial charge in [0.15, 0.2) is 0 Å². The molecule has 0 unspecified atom stereocenters. The number of carboxylic acid groups (broad SMARTS) is 1. The third kappa shape index (κ3) is 3.33. The van der Waals surface area contributed by atoms with Crippen LogP contribution in [0, 0.1) is 6.92 Å². The average molecular weight is 400 g/mol. The molecule has 1 aliphatic rings. The van der Waals surface area contributed by atoms with Crippen molar-refractivity contribution < 1.29 is 24.3 Å². The quantitative estimate of drug-likeness (QED) is 0.649. The van der Waals surface area contributed by atoms with Gasteiger partial charge in [0, 0.05) is 11.3 Å². The van der Waals surface area contributed by atoms with Gasteiger partial charge in [0.25, 0.3) is 17.7 Å². The number of hydrogen-bond donors (Lipinski definition) is 2. The number of anilines is 2. The Morgan fingerprint density at radius 1 is 0.800 bits per heavy atom. The predicted octanol–water partition coefficient (Wildman–Crippen LogP) is 3.75. The molecule has 3 amide bonds. The maximum atomic E-state index is 12.7. The molecule has 2 N–H and O–H groups in total. The molecule has 7 nitrogen and oxygen atoms in total. The lowest BCUT2D eigenvalue weighted by molar-refractivity contribution is 0.0696. The summed E-state index contributed by atoms with van der Waals surface area (Å²) in [4.78, 5) is 49.9.